The van der Waals surface area contributed by atoms with Crippen LogP contribution in [0, 0.1) is 13.8 Å². The Hall–Kier alpha value is -1.99. The van der Waals surface area contributed by atoms with Crippen molar-refractivity contribution in [2.75, 3.05) is 37.7 Å². The van der Waals surface area contributed by atoms with E-state index in [9.17, 15) is 0 Å². The first-order chi connectivity index (χ1) is 12.7. The van der Waals surface area contributed by atoms with Gasteiger partial charge in [0.2, 0.25) is 0 Å². The molecule has 2 saturated heterocycles. The predicted molar refractivity (Wildman–Crippen MR) is 100 cm³/mol. The highest BCUT2D eigenvalue weighted by molar-refractivity contribution is 5.55. The molecule has 2 aromatic rings. The molecule has 1 aromatic heterocycles. The van der Waals surface area contributed by atoms with Gasteiger partial charge in [-0.3, -0.25) is 4.90 Å². The number of nitrogens with zero attached hydrogens (tertiary/aromatic N) is 6. The van der Waals surface area contributed by atoms with Crippen molar-refractivity contribution >= 4 is 5.69 Å². The molecule has 3 heterocycles. The van der Waals surface area contributed by atoms with Crippen LogP contribution in [0.2, 0.25) is 0 Å². The maximum Gasteiger partial charge on any atom is 0.165 e. The summed E-state index contributed by atoms with van der Waals surface area (Å²) in [5, 5.41) is 12.3. The molecule has 4 rings (SSSR count). The van der Waals surface area contributed by atoms with Gasteiger partial charge in [-0.25, -0.2) is 4.68 Å². The molecule has 1 atom stereocenters. The molecule has 0 N–H and O–H groups in total. The van der Waals surface area contributed by atoms with Crippen LogP contribution in [0.4, 0.5) is 5.69 Å². The van der Waals surface area contributed by atoms with Crippen LogP contribution in [0.15, 0.2) is 18.2 Å². The van der Waals surface area contributed by atoms with Gasteiger partial charge in [0.1, 0.15) is 0 Å². The molecule has 140 valence electrons. The zero-order valence-electron chi connectivity index (χ0n) is 15.8. The molecule has 7 nitrogen and oxygen atoms in total. The van der Waals surface area contributed by atoms with E-state index in [2.05, 4.69) is 57.4 Å². The molecule has 0 spiro atoms. The van der Waals surface area contributed by atoms with Crippen molar-refractivity contribution in [1.82, 2.24) is 25.1 Å². The summed E-state index contributed by atoms with van der Waals surface area (Å²) < 4.78 is 7.64. The molecule has 0 saturated carbocycles. The Bertz CT molecular complexity index is 731. The van der Waals surface area contributed by atoms with Crippen LogP contribution in [-0.4, -0.2) is 64.0 Å². The second-order valence-electron chi connectivity index (χ2n) is 7.47. The van der Waals surface area contributed by atoms with Crippen molar-refractivity contribution in [3.63, 3.8) is 0 Å². The number of hydrogen-bond donors (Lipinski definition) is 0. The molecular formula is C19H28N6O. The number of ether oxygens (including phenoxy) is 1. The maximum absolute atomic E-state index is 5.72. The van der Waals surface area contributed by atoms with E-state index in [1.165, 1.54) is 16.8 Å². The first-order valence-electron chi connectivity index (χ1n) is 9.60. The second kappa shape index (κ2) is 7.72. The number of rotatable bonds is 5. The van der Waals surface area contributed by atoms with Gasteiger partial charge in [-0.2, -0.15) is 0 Å². The molecular weight excluding hydrogens is 328 g/mol. The van der Waals surface area contributed by atoms with Crippen molar-refractivity contribution in [1.29, 1.82) is 0 Å². The van der Waals surface area contributed by atoms with Crippen LogP contribution in [0.3, 0.4) is 0 Å². The Morgan fingerprint density at radius 2 is 2.00 bits per heavy atom. The Morgan fingerprint density at radius 3 is 2.77 bits per heavy atom. The summed E-state index contributed by atoms with van der Waals surface area (Å²) in [4.78, 5) is 4.94. The van der Waals surface area contributed by atoms with E-state index in [0.717, 1.165) is 64.5 Å². The van der Waals surface area contributed by atoms with E-state index in [1.54, 1.807) is 0 Å². The van der Waals surface area contributed by atoms with Gasteiger partial charge in [0.25, 0.3) is 0 Å². The number of anilines is 1. The minimum absolute atomic E-state index is 0.262. The summed E-state index contributed by atoms with van der Waals surface area (Å²) >= 11 is 0. The molecule has 2 aliphatic heterocycles. The summed E-state index contributed by atoms with van der Waals surface area (Å²) in [6.45, 7) is 10.9. The number of hydrogen-bond acceptors (Lipinski definition) is 6. The number of aryl methyl sites for hydroxylation is 2. The second-order valence-corrected chi connectivity index (χ2v) is 7.47. The van der Waals surface area contributed by atoms with Gasteiger partial charge < -0.3 is 9.64 Å². The molecule has 1 aromatic carbocycles. The van der Waals surface area contributed by atoms with Crippen LogP contribution in [0.1, 0.15) is 29.8 Å². The fourth-order valence-electron chi connectivity index (χ4n) is 3.87. The lowest BCUT2D eigenvalue weighted by atomic mass is 10.1. The van der Waals surface area contributed by atoms with Crippen LogP contribution < -0.4 is 4.90 Å². The molecule has 26 heavy (non-hydrogen) atoms. The van der Waals surface area contributed by atoms with E-state index >= 15 is 0 Å². The highest BCUT2D eigenvalue weighted by Crippen LogP contribution is 2.23. The van der Waals surface area contributed by atoms with Gasteiger partial charge in [-0.05, 0) is 54.3 Å². The lowest BCUT2D eigenvalue weighted by Gasteiger charge is -2.36. The maximum atomic E-state index is 5.72. The Morgan fingerprint density at radius 1 is 1.15 bits per heavy atom. The van der Waals surface area contributed by atoms with Crippen LogP contribution in [-0.2, 0) is 17.8 Å². The zero-order chi connectivity index (χ0) is 17.9. The van der Waals surface area contributed by atoms with E-state index in [4.69, 9.17) is 4.74 Å². The van der Waals surface area contributed by atoms with Gasteiger partial charge in [0, 0.05) is 38.5 Å². The number of aromatic nitrogens is 4. The third kappa shape index (κ3) is 3.88. The third-order valence-corrected chi connectivity index (χ3v) is 5.45. The van der Waals surface area contributed by atoms with Gasteiger partial charge in [0.05, 0.1) is 19.2 Å². The van der Waals surface area contributed by atoms with E-state index in [0.29, 0.717) is 0 Å². The number of piperazine rings is 1. The van der Waals surface area contributed by atoms with E-state index < -0.39 is 0 Å². The highest BCUT2D eigenvalue weighted by Gasteiger charge is 2.22. The molecule has 0 aliphatic carbocycles. The predicted octanol–water partition coefficient (Wildman–Crippen LogP) is 1.79. The average molecular weight is 356 g/mol. The Balaban J connectivity index is 1.34. The zero-order valence-corrected chi connectivity index (χ0v) is 15.8. The molecule has 0 bridgehead atoms. The first-order valence-corrected chi connectivity index (χ1v) is 9.60. The van der Waals surface area contributed by atoms with Gasteiger partial charge >= 0.3 is 0 Å². The summed E-state index contributed by atoms with van der Waals surface area (Å²) in [6.07, 6.45) is 2.51. The average Bonchev–Trinajstić information content (AvgIpc) is 3.31. The SMILES string of the molecule is Cc1ccc(C)c(N2CCN(Cc3nnnn3CC3CCCO3)CC2)c1. The minimum Gasteiger partial charge on any atom is -0.376 e. The van der Waals surface area contributed by atoms with Gasteiger partial charge in [-0.15, -0.1) is 5.10 Å². The highest BCUT2D eigenvalue weighted by atomic mass is 16.5. The fourth-order valence-corrected chi connectivity index (χ4v) is 3.87. The van der Waals surface area contributed by atoms with Crippen molar-refractivity contribution in [3.05, 3.63) is 35.2 Å². The van der Waals surface area contributed by atoms with E-state index in [1.807, 2.05) is 4.68 Å². The van der Waals surface area contributed by atoms with Crippen LogP contribution in [0.5, 0.6) is 0 Å². The van der Waals surface area contributed by atoms with Gasteiger partial charge in [0.15, 0.2) is 5.82 Å². The summed E-state index contributed by atoms with van der Waals surface area (Å²) in [5.41, 5.74) is 4.04. The normalized spacial score (nSPS) is 21.5. The summed E-state index contributed by atoms with van der Waals surface area (Å²) in [7, 11) is 0. The lowest BCUT2D eigenvalue weighted by molar-refractivity contribution is 0.0916. The molecule has 0 radical (unpaired) electrons. The third-order valence-electron chi connectivity index (χ3n) is 5.45. The monoisotopic (exact) mass is 356 g/mol. The smallest absolute Gasteiger partial charge is 0.165 e. The first kappa shape index (κ1) is 17.4. The topological polar surface area (TPSA) is 59.3 Å². The van der Waals surface area contributed by atoms with Crippen molar-refractivity contribution in [3.8, 4) is 0 Å². The standard InChI is InChI=1S/C19H28N6O/c1-15-5-6-16(2)18(12-15)24-9-7-23(8-10-24)14-19-20-21-22-25(19)13-17-4-3-11-26-17/h5-6,12,17H,3-4,7-11,13-14H2,1-2H3. The number of tetrazole rings is 1. The van der Waals surface area contributed by atoms with Crippen molar-refractivity contribution in [2.45, 2.75) is 45.9 Å². The Labute approximate surface area is 154 Å². The summed E-state index contributed by atoms with van der Waals surface area (Å²) in [6, 6.07) is 6.70. The minimum atomic E-state index is 0.262. The largest absolute Gasteiger partial charge is 0.376 e. The fraction of sp³-hybridized carbons (Fsp3) is 0.632. The molecule has 2 fully saturated rings. The Kier molecular flexibility index (Phi) is 5.17. The van der Waals surface area contributed by atoms with Gasteiger partial charge in [-0.1, -0.05) is 12.1 Å². The van der Waals surface area contributed by atoms with Crippen molar-refractivity contribution < 1.29 is 4.74 Å². The van der Waals surface area contributed by atoms with E-state index in [-0.39, 0.29) is 6.10 Å². The number of benzene rings is 1. The van der Waals surface area contributed by atoms with Crippen LogP contribution in [0.25, 0.3) is 0 Å². The van der Waals surface area contributed by atoms with Crippen LogP contribution >= 0.6 is 0 Å². The molecule has 7 heteroatoms. The molecule has 0 amide bonds. The quantitative estimate of drug-likeness (QED) is 0.814. The molecule has 2 aliphatic rings. The van der Waals surface area contributed by atoms with Crippen molar-refractivity contribution in [2.24, 2.45) is 0 Å². The molecule has 1 unspecified atom stereocenters. The summed E-state index contributed by atoms with van der Waals surface area (Å²) in [5.74, 6) is 0.945. The lowest BCUT2D eigenvalue weighted by Crippen LogP contribution is -2.46.